The van der Waals surface area contributed by atoms with Crippen molar-refractivity contribution in [2.75, 3.05) is 26.2 Å². The molecule has 0 amide bonds. The number of nitrogens with zero attached hydrogens (tertiary/aromatic N) is 2. The summed E-state index contributed by atoms with van der Waals surface area (Å²) in [5.74, 6) is 0. The minimum Gasteiger partial charge on any atom is -0.329 e. The lowest BCUT2D eigenvalue weighted by Crippen LogP contribution is -2.53. The zero-order valence-electron chi connectivity index (χ0n) is 13.1. The Labute approximate surface area is 124 Å². The first-order valence-corrected chi connectivity index (χ1v) is 9.44. The summed E-state index contributed by atoms with van der Waals surface area (Å²) < 4.78 is 29.1. The summed E-state index contributed by atoms with van der Waals surface area (Å²) >= 11 is 0. The van der Waals surface area contributed by atoms with Crippen LogP contribution in [0.5, 0.6) is 0 Å². The molecule has 0 saturated carbocycles. The van der Waals surface area contributed by atoms with E-state index in [9.17, 15) is 8.42 Å². The van der Waals surface area contributed by atoms with Gasteiger partial charge in [0.05, 0.1) is 0 Å². The highest BCUT2D eigenvalue weighted by atomic mass is 32.2. The number of nitrogens with two attached hydrogens (primary N) is 1. The van der Waals surface area contributed by atoms with E-state index in [1.54, 1.807) is 8.61 Å². The molecule has 1 aliphatic heterocycles. The molecule has 1 unspecified atom stereocenters. The zero-order valence-corrected chi connectivity index (χ0v) is 13.9. The van der Waals surface area contributed by atoms with Gasteiger partial charge in [-0.3, -0.25) is 0 Å². The van der Waals surface area contributed by atoms with Crippen molar-refractivity contribution < 1.29 is 8.42 Å². The fraction of sp³-hybridized carbons (Fsp3) is 1.00. The maximum atomic E-state index is 12.9. The Morgan fingerprint density at radius 3 is 2.25 bits per heavy atom. The molecule has 1 heterocycles. The van der Waals surface area contributed by atoms with Crippen molar-refractivity contribution in [1.29, 1.82) is 0 Å². The van der Waals surface area contributed by atoms with Crippen LogP contribution in [0.4, 0.5) is 0 Å². The number of hydrogen-bond donors (Lipinski definition) is 1. The molecule has 6 heteroatoms. The molecule has 0 radical (unpaired) electrons. The molecule has 0 spiro atoms. The molecule has 0 bridgehead atoms. The largest absolute Gasteiger partial charge is 0.329 e. The van der Waals surface area contributed by atoms with E-state index in [1.165, 1.54) is 0 Å². The monoisotopic (exact) mass is 305 g/mol. The summed E-state index contributed by atoms with van der Waals surface area (Å²) in [5, 5.41) is 0. The minimum atomic E-state index is -3.34. The van der Waals surface area contributed by atoms with Gasteiger partial charge in [0.1, 0.15) is 0 Å². The van der Waals surface area contributed by atoms with E-state index in [-0.39, 0.29) is 6.04 Å². The summed E-state index contributed by atoms with van der Waals surface area (Å²) in [5.41, 5.74) is 5.77. The molecule has 20 heavy (non-hydrogen) atoms. The first-order valence-electron chi connectivity index (χ1n) is 8.04. The van der Waals surface area contributed by atoms with Gasteiger partial charge in [-0.1, -0.05) is 33.1 Å². The van der Waals surface area contributed by atoms with Gasteiger partial charge < -0.3 is 5.73 Å². The van der Waals surface area contributed by atoms with E-state index >= 15 is 0 Å². The fourth-order valence-electron chi connectivity index (χ4n) is 2.67. The molecule has 1 rings (SSSR count). The van der Waals surface area contributed by atoms with Gasteiger partial charge in [0.2, 0.25) is 0 Å². The van der Waals surface area contributed by atoms with Gasteiger partial charge in [0.15, 0.2) is 0 Å². The number of rotatable bonds is 9. The number of piperidine rings is 1. The van der Waals surface area contributed by atoms with Crippen LogP contribution in [0, 0.1) is 0 Å². The first kappa shape index (κ1) is 17.9. The Kier molecular flexibility index (Phi) is 8.02. The molecule has 1 saturated heterocycles. The summed E-state index contributed by atoms with van der Waals surface area (Å²) in [6, 6.07) is -0.0143. The zero-order chi connectivity index (χ0) is 15.0. The lowest BCUT2D eigenvalue weighted by Gasteiger charge is -2.37. The smallest absolute Gasteiger partial charge is 0.282 e. The second-order valence-electron chi connectivity index (χ2n) is 5.61. The van der Waals surface area contributed by atoms with Crippen molar-refractivity contribution in [2.45, 2.75) is 64.8 Å². The molecular formula is C14H31N3O2S. The number of unbranched alkanes of at least 4 members (excludes halogenated alkanes) is 2. The van der Waals surface area contributed by atoms with Gasteiger partial charge in [-0.25, -0.2) is 0 Å². The predicted octanol–water partition coefficient (Wildman–Crippen LogP) is 1.95. The van der Waals surface area contributed by atoms with Crippen LogP contribution in [-0.4, -0.2) is 49.2 Å². The topological polar surface area (TPSA) is 66.6 Å². The summed E-state index contributed by atoms with van der Waals surface area (Å²) in [4.78, 5) is 0. The molecule has 0 aliphatic carbocycles. The van der Waals surface area contributed by atoms with Gasteiger partial charge in [-0.05, 0) is 25.7 Å². The Morgan fingerprint density at radius 2 is 1.75 bits per heavy atom. The van der Waals surface area contributed by atoms with Crippen LogP contribution in [-0.2, 0) is 10.2 Å². The van der Waals surface area contributed by atoms with E-state index in [0.717, 1.165) is 44.9 Å². The summed E-state index contributed by atoms with van der Waals surface area (Å²) in [6.07, 6.45) is 6.79. The van der Waals surface area contributed by atoms with Crippen LogP contribution < -0.4 is 5.73 Å². The molecule has 5 nitrogen and oxygen atoms in total. The highest BCUT2D eigenvalue weighted by Gasteiger charge is 2.35. The highest BCUT2D eigenvalue weighted by molar-refractivity contribution is 7.86. The normalized spacial score (nSPS) is 21.5. The highest BCUT2D eigenvalue weighted by Crippen LogP contribution is 2.22. The lowest BCUT2D eigenvalue weighted by atomic mass is 10.1. The molecular weight excluding hydrogens is 274 g/mol. The van der Waals surface area contributed by atoms with E-state index in [2.05, 4.69) is 13.8 Å². The van der Waals surface area contributed by atoms with Crippen LogP contribution in [0.3, 0.4) is 0 Å². The second kappa shape index (κ2) is 8.97. The molecule has 2 N–H and O–H groups in total. The quantitative estimate of drug-likeness (QED) is 0.708. The van der Waals surface area contributed by atoms with Gasteiger partial charge in [-0.15, -0.1) is 0 Å². The van der Waals surface area contributed by atoms with Crippen LogP contribution in [0.25, 0.3) is 0 Å². The van der Waals surface area contributed by atoms with Crippen molar-refractivity contribution in [2.24, 2.45) is 5.73 Å². The van der Waals surface area contributed by atoms with Crippen molar-refractivity contribution in [1.82, 2.24) is 8.61 Å². The minimum absolute atomic E-state index is 0.0143. The Morgan fingerprint density at radius 1 is 1.15 bits per heavy atom. The van der Waals surface area contributed by atoms with Crippen molar-refractivity contribution >= 4 is 10.2 Å². The molecule has 1 fully saturated rings. The second-order valence-corrected chi connectivity index (χ2v) is 7.49. The molecule has 0 aromatic heterocycles. The Hall–Kier alpha value is -0.170. The first-order chi connectivity index (χ1) is 9.57. The third kappa shape index (κ3) is 4.69. The Balaban J connectivity index is 2.83. The molecule has 120 valence electrons. The van der Waals surface area contributed by atoms with Crippen LogP contribution >= 0.6 is 0 Å². The summed E-state index contributed by atoms with van der Waals surface area (Å²) in [6.45, 7) is 6.50. The van der Waals surface area contributed by atoms with E-state index in [4.69, 9.17) is 5.73 Å². The van der Waals surface area contributed by atoms with Crippen LogP contribution in [0.1, 0.15) is 58.8 Å². The van der Waals surface area contributed by atoms with E-state index < -0.39 is 10.2 Å². The molecule has 0 aromatic carbocycles. The Bertz CT molecular complexity index is 351. The lowest BCUT2D eigenvalue weighted by molar-refractivity contribution is 0.233. The average molecular weight is 305 g/mol. The van der Waals surface area contributed by atoms with Crippen molar-refractivity contribution in [3.8, 4) is 0 Å². The van der Waals surface area contributed by atoms with Crippen molar-refractivity contribution in [3.05, 3.63) is 0 Å². The standard InChI is InChI=1S/C14H31N3O2S/c1-3-5-10-16(11-6-4-2)20(18,19)17-12-8-7-9-14(17)13-15/h14H,3-13,15H2,1-2H3. The van der Waals surface area contributed by atoms with Crippen LogP contribution in [0.2, 0.25) is 0 Å². The van der Waals surface area contributed by atoms with E-state index in [0.29, 0.717) is 26.2 Å². The third-order valence-corrected chi connectivity index (χ3v) is 6.08. The molecule has 1 aliphatic rings. The molecule has 0 aromatic rings. The van der Waals surface area contributed by atoms with E-state index in [1.807, 2.05) is 0 Å². The SMILES string of the molecule is CCCCN(CCCC)S(=O)(=O)N1CCCCC1CN. The maximum Gasteiger partial charge on any atom is 0.282 e. The van der Waals surface area contributed by atoms with Crippen LogP contribution in [0.15, 0.2) is 0 Å². The fourth-order valence-corrected chi connectivity index (χ4v) is 4.62. The van der Waals surface area contributed by atoms with Gasteiger partial charge in [-0.2, -0.15) is 17.0 Å². The maximum absolute atomic E-state index is 12.9. The predicted molar refractivity (Wildman–Crippen MR) is 83.7 cm³/mol. The third-order valence-electron chi connectivity index (χ3n) is 3.99. The summed E-state index contributed by atoms with van der Waals surface area (Å²) in [7, 11) is -3.34. The van der Waals surface area contributed by atoms with Gasteiger partial charge >= 0.3 is 0 Å². The van der Waals surface area contributed by atoms with Gasteiger partial charge in [0, 0.05) is 32.2 Å². The molecule has 1 atom stereocenters. The van der Waals surface area contributed by atoms with Gasteiger partial charge in [0.25, 0.3) is 10.2 Å². The van der Waals surface area contributed by atoms with Crippen molar-refractivity contribution in [3.63, 3.8) is 0 Å². The average Bonchev–Trinajstić information content (AvgIpc) is 2.47. The number of hydrogen-bond acceptors (Lipinski definition) is 3.